The number of halogens is 3. The Bertz CT molecular complexity index is 1420. The topological polar surface area (TPSA) is 103 Å². The molecule has 1 atom stereocenters. The Morgan fingerprint density at radius 3 is 2.15 bits per heavy atom. The van der Waals surface area contributed by atoms with E-state index in [4.69, 9.17) is 10.5 Å². The molecule has 10 heteroatoms. The number of pyridine rings is 1. The lowest BCUT2D eigenvalue weighted by Crippen LogP contribution is -2.42. The van der Waals surface area contributed by atoms with Gasteiger partial charge in [0.15, 0.2) is 17.4 Å². The van der Waals surface area contributed by atoms with Crippen LogP contribution in [0.1, 0.15) is 62.5 Å². The zero-order valence-electron chi connectivity index (χ0n) is 23.2. The molecule has 3 rings (SSSR count). The number of hydrogen-bond donors (Lipinski definition) is 2. The van der Waals surface area contributed by atoms with E-state index >= 15 is 8.78 Å². The van der Waals surface area contributed by atoms with E-state index in [1.807, 2.05) is 13.8 Å². The number of aromatic nitrogens is 1. The number of benzene rings is 2. The number of carbonyl (C=O) groups excluding carboxylic acids is 2. The molecule has 0 amide bonds. The average Bonchev–Trinajstić information content (AvgIpc) is 2.84. The highest BCUT2D eigenvalue weighted by Crippen LogP contribution is 2.24. The molecule has 7 nitrogen and oxygen atoms in total. The predicted molar refractivity (Wildman–Crippen MR) is 147 cm³/mol. The van der Waals surface area contributed by atoms with Crippen LogP contribution in [-0.4, -0.2) is 34.5 Å². The first-order valence-corrected chi connectivity index (χ1v) is 12.9. The van der Waals surface area contributed by atoms with Crippen LogP contribution >= 0.6 is 0 Å². The van der Waals surface area contributed by atoms with Gasteiger partial charge in [-0.05, 0) is 94.1 Å². The molecule has 214 valence electrons. The van der Waals surface area contributed by atoms with Gasteiger partial charge < -0.3 is 15.8 Å². The van der Waals surface area contributed by atoms with Crippen LogP contribution < -0.4 is 16.6 Å². The first-order valence-electron chi connectivity index (χ1n) is 12.9. The number of hydrogen-bond acceptors (Lipinski definition) is 6. The van der Waals surface area contributed by atoms with Crippen LogP contribution in [0.3, 0.4) is 0 Å². The molecule has 1 heterocycles. The number of ether oxygens (including phenoxy) is 1. The number of ketones is 1. The maximum Gasteiger partial charge on any atom is 0.323 e. The standard InChI is InChI=1S/C30H34F3N3O4/c1-17(2)14-24(29(39)40-30(3,4)5)35-13-12-18-15-22(32)26(23(33)16-18)36-25(37)11-10-21(28(36)34)27(38)19-6-8-20(31)9-7-19/h6-11,15-17,24,35H,12-14,34H2,1-5H3/t24-/m1/s1. The van der Waals surface area contributed by atoms with Gasteiger partial charge in [0.25, 0.3) is 5.56 Å². The van der Waals surface area contributed by atoms with E-state index in [1.165, 1.54) is 12.1 Å². The van der Waals surface area contributed by atoms with Gasteiger partial charge in [-0.2, -0.15) is 0 Å². The van der Waals surface area contributed by atoms with Gasteiger partial charge in [-0.25, -0.2) is 13.2 Å². The first-order chi connectivity index (χ1) is 18.7. The van der Waals surface area contributed by atoms with Crippen molar-refractivity contribution in [2.45, 2.75) is 59.1 Å². The summed E-state index contributed by atoms with van der Waals surface area (Å²) in [5, 5.41) is 3.11. The monoisotopic (exact) mass is 557 g/mol. The second kappa shape index (κ2) is 12.5. The highest BCUT2D eigenvalue weighted by Gasteiger charge is 2.26. The van der Waals surface area contributed by atoms with Crippen LogP contribution in [0.5, 0.6) is 0 Å². The van der Waals surface area contributed by atoms with Gasteiger partial charge in [0.05, 0.1) is 5.56 Å². The smallest absolute Gasteiger partial charge is 0.323 e. The minimum atomic E-state index is -1.05. The quantitative estimate of drug-likeness (QED) is 0.270. The fraction of sp³-hybridized carbons (Fsp3) is 0.367. The van der Waals surface area contributed by atoms with Gasteiger partial charge >= 0.3 is 5.97 Å². The van der Waals surface area contributed by atoms with Gasteiger partial charge in [0.1, 0.15) is 29.0 Å². The summed E-state index contributed by atoms with van der Waals surface area (Å²) in [6, 6.07) is 8.36. The molecule has 0 radical (unpaired) electrons. The molecule has 0 unspecified atom stereocenters. The lowest BCUT2D eigenvalue weighted by molar-refractivity contribution is -0.158. The average molecular weight is 558 g/mol. The summed E-state index contributed by atoms with van der Waals surface area (Å²) in [6.45, 7) is 9.50. The Hall–Kier alpha value is -3.92. The van der Waals surface area contributed by atoms with Crippen molar-refractivity contribution in [3.63, 3.8) is 0 Å². The molecule has 0 saturated heterocycles. The second-order valence-corrected chi connectivity index (χ2v) is 11.0. The van der Waals surface area contributed by atoms with Crippen molar-refractivity contribution in [1.29, 1.82) is 0 Å². The summed E-state index contributed by atoms with van der Waals surface area (Å²) in [6.07, 6.45) is 0.699. The van der Waals surface area contributed by atoms with E-state index in [-0.39, 0.29) is 35.6 Å². The number of nitrogen functional groups attached to an aromatic ring is 1. The van der Waals surface area contributed by atoms with Crippen molar-refractivity contribution in [3.8, 4) is 5.69 Å². The number of carbonyl (C=O) groups is 2. The summed E-state index contributed by atoms with van der Waals surface area (Å²) in [5.41, 5.74) is 4.05. The molecule has 0 spiro atoms. The maximum absolute atomic E-state index is 15.3. The molecule has 3 aromatic rings. The first kappa shape index (κ1) is 30.6. The van der Waals surface area contributed by atoms with Crippen molar-refractivity contribution in [1.82, 2.24) is 9.88 Å². The Balaban J connectivity index is 1.85. The van der Waals surface area contributed by atoms with E-state index < -0.39 is 57.9 Å². The highest BCUT2D eigenvalue weighted by molar-refractivity contribution is 6.11. The molecule has 40 heavy (non-hydrogen) atoms. The van der Waals surface area contributed by atoms with Gasteiger partial charge in [-0.3, -0.25) is 19.0 Å². The van der Waals surface area contributed by atoms with E-state index in [2.05, 4.69) is 5.32 Å². The lowest BCUT2D eigenvalue weighted by Gasteiger charge is -2.25. The normalized spacial score (nSPS) is 12.4. The van der Waals surface area contributed by atoms with Crippen molar-refractivity contribution in [2.24, 2.45) is 5.92 Å². The summed E-state index contributed by atoms with van der Waals surface area (Å²) >= 11 is 0. The summed E-state index contributed by atoms with van der Waals surface area (Å²) in [4.78, 5) is 38.1. The third kappa shape index (κ3) is 7.59. The SMILES string of the molecule is CC(C)C[C@@H](NCCc1cc(F)c(-n2c(N)c(C(=O)c3ccc(F)cc3)ccc2=O)c(F)c1)C(=O)OC(C)(C)C. The number of anilines is 1. The Morgan fingerprint density at radius 1 is 1.00 bits per heavy atom. The molecule has 0 saturated carbocycles. The number of nitrogens with zero attached hydrogens (tertiary/aromatic N) is 1. The molecule has 3 N–H and O–H groups in total. The number of rotatable bonds is 10. The van der Waals surface area contributed by atoms with Gasteiger partial charge in [0.2, 0.25) is 0 Å². The van der Waals surface area contributed by atoms with Crippen molar-refractivity contribution >= 4 is 17.6 Å². The Kier molecular flexibility index (Phi) is 9.57. The van der Waals surface area contributed by atoms with Crippen LogP contribution in [-0.2, 0) is 16.0 Å². The van der Waals surface area contributed by atoms with Crippen LogP contribution in [0.15, 0.2) is 53.3 Å². The highest BCUT2D eigenvalue weighted by atomic mass is 19.1. The molecule has 1 aromatic heterocycles. The zero-order chi connectivity index (χ0) is 29.8. The zero-order valence-corrected chi connectivity index (χ0v) is 23.2. The second-order valence-electron chi connectivity index (χ2n) is 11.0. The molecule has 0 aliphatic carbocycles. The van der Waals surface area contributed by atoms with Crippen LogP contribution in [0.4, 0.5) is 19.0 Å². The third-order valence-corrected chi connectivity index (χ3v) is 5.98. The van der Waals surface area contributed by atoms with Crippen molar-refractivity contribution < 1.29 is 27.5 Å². The molecule has 0 fully saturated rings. The summed E-state index contributed by atoms with van der Waals surface area (Å²) in [7, 11) is 0. The van der Waals surface area contributed by atoms with E-state index in [0.29, 0.717) is 11.0 Å². The van der Waals surface area contributed by atoms with E-state index in [1.54, 1.807) is 20.8 Å². The van der Waals surface area contributed by atoms with Gasteiger partial charge in [-0.15, -0.1) is 0 Å². The van der Waals surface area contributed by atoms with Crippen molar-refractivity contribution in [3.05, 3.63) is 93.0 Å². The summed E-state index contributed by atoms with van der Waals surface area (Å²) in [5.74, 6) is -3.96. The van der Waals surface area contributed by atoms with Crippen LogP contribution in [0.25, 0.3) is 5.69 Å². The maximum atomic E-state index is 15.3. The van der Waals surface area contributed by atoms with Gasteiger partial charge in [-0.1, -0.05) is 13.8 Å². The molecular weight excluding hydrogens is 523 g/mol. The number of nitrogens with one attached hydrogen (secondary N) is 1. The largest absolute Gasteiger partial charge is 0.459 e. The molecule has 0 bridgehead atoms. The lowest BCUT2D eigenvalue weighted by atomic mass is 10.0. The third-order valence-electron chi connectivity index (χ3n) is 5.98. The van der Waals surface area contributed by atoms with E-state index in [0.717, 1.165) is 36.4 Å². The Morgan fingerprint density at radius 2 is 1.60 bits per heavy atom. The van der Waals surface area contributed by atoms with Crippen LogP contribution in [0.2, 0.25) is 0 Å². The van der Waals surface area contributed by atoms with Crippen molar-refractivity contribution in [2.75, 3.05) is 12.3 Å². The fourth-order valence-corrected chi connectivity index (χ4v) is 4.21. The Labute approximate surface area is 231 Å². The molecule has 0 aliphatic rings. The number of nitrogens with two attached hydrogens (primary N) is 1. The minimum Gasteiger partial charge on any atom is -0.459 e. The number of esters is 1. The summed E-state index contributed by atoms with van der Waals surface area (Å²) < 4.78 is 49.9. The molecular formula is C30H34F3N3O4. The molecule has 0 aliphatic heterocycles. The minimum absolute atomic E-state index is 0.0873. The molecule has 2 aromatic carbocycles. The van der Waals surface area contributed by atoms with E-state index in [9.17, 15) is 18.8 Å². The fourth-order valence-electron chi connectivity index (χ4n) is 4.21. The van der Waals surface area contributed by atoms with Gasteiger partial charge in [0, 0.05) is 11.6 Å². The predicted octanol–water partition coefficient (Wildman–Crippen LogP) is 4.96. The van der Waals surface area contributed by atoms with Crippen LogP contribution in [0, 0.1) is 23.4 Å².